The molecule has 0 aliphatic heterocycles. The van der Waals surface area contributed by atoms with Crippen molar-refractivity contribution in [2.24, 2.45) is 0 Å². The van der Waals surface area contributed by atoms with Crippen LogP contribution in [0.1, 0.15) is 43.0 Å². The normalized spacial score (nSPS) is 9.95. The molecule has 0 aliphatic rings. The molecule has 0 aliphatic carbocycles. The highest BCUT2D eigenvalue weighted by molar-refractivity contribution is 5.89. The van der Waals surface area contributed by atoms with E-state index in [1.54, 1.807) is 24.3 Å². The maximum absolute atomic E-state index is 11.7. The van der Waals surface area contributed by atoms with Gasteiger partial charge < -0.3 is 9.47 Å². The molecular formula is C15H19O4. The quantitative estimate of drug-likeness (QED) is 0.508. The second-order valence-corrected chi connectivity index (χ2v) is 4.11. The van der Waals surface area contributed by atoms with E-state index in [1.807, 2.05) is 13.2 Å². The molecule has 19 heavy (non-hydrogen) atoms. The Labute approximate surface area is 113 Å². The zero-order chi connectivity index (χ0) is 13.9. The molecule has 1 rings (SSSR count). The van der Waals surface area contributed by atoms with Crippen LogP contribution < -0.4 is 4.74 Å². The second kappa shape index (κ2) is 9.14. The van der Waals surface area contributed by atoms with Gasteiger partial charge in [-0.25, -0.2) is 4.79 Å². The fourth-order valence-corrected chi connectivity index (χ4v) is 1.48. The standard InChI is InChI=1S/C15H19O4/c1-2-10-19-15(17)13-7-6-8-14(12-13)18-11-5-3-4-9-16/h6-8,12H,2-5,10-11H2,1H3. The second-order valence-electron chi connectivity index (χ2n) is 4.11. The molecule has 1 aromatic rings. The van der Waals surface area contributed by atoms with Crippen molar-refractivity contribution in [1.29, 1.82) is 0 Å². The van der Waals surface area contributed by atoms with Gasteiger partial charge in [0.1, 0.15) is 5.75 Å². The summed E-state index contributed by atoms with van der Waals surface area (Å²) in [6.45, 7) is 2.89. The number of carbonyl (C=O) groups is 1. The maximum Gasteiger partial charge on any atom is 0.338 e. The predicted octanol–water partition coefficient (Wildman–Crippen LogP) is 2.91. The molecule has 1 radical (unpaired) electrons. The van der Waals surface area contributed by atoms with Crippen LogP contribution in [0.25, 0.3) is 0 Å². The van der Waals surface area contributed by atoms with Crippen LogP contribution in [-0.2, 0) is 9.53 Å². The van der Waals surface area contributed by atoms with Gasteiger partial charge in [-0.05, 0) is 37.5 Å². The molecule has 0 unspecified atom stereocenters. The van der Waals surface area contributed by atoms with Crippen LogP contribution in [0.5, 0.6) is 5.75 Å². The summed E-state index contributed by atoms with van der Waals surface area (Å²) in [5, 5.41) is 0. The number of ether oxygens (including phenoxy) is 2. The van der Waals surface area contributed by atoms with Crippen LogP contribution in [0.15, 0.2) is 24.3 Å². The molecule has 0 atom stereocenters. The molecule has 0 bridgehead atoms. The van der Waals surface area contributed by atoms with E-state index in [2.05, 4.69) is 0 Å². The topological polar surface area (TPSA) is 52.6 Å². The van der Waals surface area contributed by atoms with Crippen LogP contribution in [-0.4, -0.2) is 25.5 Å². The molecular weight excluding hydrogens is 244 g/mol. The number of hydrogen-bond donors (Lipinski definition) is 0. The minimum Gasteiger partial charge on any atom is -0.494 e. The summed E-state index contributed by atoms with van der Waals surface area (Å²) in [4.78, 5) is 21.7. The summed E-state index contributed by atoms with van der Waals surface area (Å²) in [5.41, 5.74) is 0.493. The van der Waals surface area contributed by atoms with E-state index in [9.17, 15) is 9.59 Å². The van der Waals surface area contributed by atoms with Crippen LogP contribution in [0.4, 0.5) is 0 Å². The van der Waals surface area contributed by atoms with Gasteiger partial charge >= 0.3 is 5.97 Å². The van der Waals surface area contributed by atoms with Crippen molar-refractivity contribution >= 4 is 12.3 Å². The molecule has 0 N–H and O–H groups in total. The average molecular weight is 263 g/mol. The lowest BCUT2D eigenvalue weighted by Gasteiger charge is -2.07. The molecule has 0 aromatic heterocycles. The Bertz CT molecular complexity index is 401. The van der Waals surface area contributed by atoms with E-state index in [4.69, 9.17) is 9.47 Å². The average Bonchev–Trinajstić information content (AvgIpc) is 2.45. The minimum absolute atomic E-state index is 0.331. The van der Waals surface area contributed by atoms with Gasteiger partial charge in [-0.15, -0.1) is 0 Å². The van der Waals surface area contributed by atoms with Crippen LogP contribution in [0, 0.1) is 0 Å². The smallest absolute Gasteiger partial charge is 0.338 e. The summed E-state index contributed by atoms with van der Waals surface area (Å²) in [7, 11) is 0. The Hall–Kier alpha value is -1.84. The molecule has 4 nitrogen and oxygen atoms in total. The maximum atomic E-state index is 11.7. The molecule has 4 heteroatoms. The van der Waals surface area contributed by atoms with Crippen molar-refractivity contribution in [2.45, 2.75) is 32.6 Å². The first-order valence-electron chi connectivity index (χ1n) is 6.53. The number of benzene rings is 1. The Morgan fingerprint density at radius 3 is 2.84 bits per heavy atom. The van der Waals surface area contributed by atoms with Gasteiger partial charge in [0.2, 0.25) is 0 Å². The molecule has 0 fully saturated rings. The molecule has 0 spiro atoms. The SMILES string of the molecule is CCCOC(=O)c1cccc(OCCCC[C]=O)c1. The first kappa shape index (κ1) is 15.2. The van der Waals surface area contributed by atoms with Crippen LogP contribution >= 0.6 is 0 Å². The lowest BCUT2D eigenvalue weighted by molar-refractivity contribution is 0.0504. The first-order valence-corrected chi connectivity index (χ1v) is 6.53. The fraction of sp³-hybridized carbons (Fsp3) is 0.467. The molecule has 0 heterocycles. The van der Waals surface area contributed by atoms with Gasteiger partial charge in [0.05, 0.1) is 18.8 Å². The molecule has 0 saturated heterocycles. The van der Waals surface area contributed by atoms with E-state index < -0.39 is 0 Å². The lowest BCUT2D eigenvalue weighted by Crippen LogP contribution is -2.06. The summed E-state index contributed by atoms with van der Waals surface area (Å²) in [5.74, 6) is 0.309. The van der Waals surface area contributed by atoms with Gasteiger partial charge in [-0.3, -0.25) is 4.79 Å². The van der Waals surface area contributed by atoms with Crippen LogP contribution in [0.2, 0.25) is 0 Å². The van der Waals surface area contributed by atoms with Crippen LogP contribution in [0.3, 0.4) is 0 Å². The third kappa shape index (κ3) is 6.04. The van der Waals surface area contributed by atoms with Crippen molar-refractivity contribution in [3.8, 4) is 5.75 Å². The van der Waals surface area contributed by atoms with Crippen molar-refractivity contribution in [3.63, 3.8) is 0 Å². The zero-order valence-corrected chi connectivity index (χ0v) is 11.2. The van der Waals surface area contributed by atoms with Crippen molar-refractivity contribution in [1.82, 2.24) is 0 Å². The number of carbonyl (C=O) groups excluding carboxylic acids is 2. The molecule has 1 aromatic carbocycles. The summed E-state index contributed by atoms with van der Waals surface area (Å²) in [6, 6.07) is 6.93. The largest absolute Gasteiger partial charge is 0.494 e. The van der Waals surface area contributed by atoms with Gasteiger partial charge in [-0.2, -0.15) is 0 Å². The minimum atomic E-state index is -0.331. The number of hydrogen-bond acceptors (Lipinski definition) is 4. The van der Waals surface area contributed by atoms with E-state index >= 15 is 0 Å². The fourth-order valence-electron chi connectivity index (χ4n) is 1.48. The van der Waals surface area contributed by atoms with E-state index in [1.165, 1.54) is 0 Å². The van der Waals surface area contributed by atoms with Crippen molar-refractivity contribution in [2.75, 3.05) is 13.2 Å². The van der Waals surface area contributed by atoms with E-state index in [0.29, 0.717) is 30.9 Å². The Balaban J connectivity index is 2.43. The Morgan fingerprint density at radius 2 is 2.11 bits per heavy atom. The summed E-state index contributed by atoms with van der Waals surface area (Å²) >= 11 is 0. The summed E-state index contributed by atoms with van der Waals surface area (Å²) < 4.78 is 10.6. The summed E-state index contributed by atoms with van der Waals surface area (Å²) in [6.07, 6.45) is 4.64. The van der Waals surface area contributed by atoms with Gasteiger partial charge in [-0.1, -0.05) is 13.0 Å². The first-order chi connectivity index (χ1) is 9.27. The third-order valence-electron chi connectivity index (χ3n) is 2.45. The van der Waals surface area contributed by atoms with E-state index in [-0.39, 0.29) is 5.97 Å². The highest BCUT2D eigenvalue weighted by Crippen LogP contribution is 2.14. The van der Waals surface area contributed by atoms with E-state index in [0.717, 1.165) is 19.3 Å². The molecule has 0 saturated carbocycles. The van der Waals surface area contributed by atoms with Crippen molar-refractivity contribution in [3.05, 3.63) is 29.8 Å². The Morgan fingerprint density at radius 1 is 1.26 bits per heavy atom. The highest BCUT2D eigenvalue weighted by atomic mass is 16.5. The predicted molar refractivity (Wildman–Crippen MR) is 72.1 cm³/mol. The Kier molecular flexibility index (Phi) is 7.32. The number of unbranched alkanes of at least 4 members (excludes halogenated alkanes) is 2. The van der Waals surface area contributed by atoms with Gasteiger partial charge in [0.25, 0.3) is 0 Å². The zero-order valence-electron chi connectivity index (χ0n) is 11.2. The third-order valence-corrected chi connectivity index (χ3v) is 2.45. The molecule has 0 amide bonds. The number of rotatable bonds is 9. The molecule has 103 valence electrons. The van der Waals surface area contributed by atoms with Gasteiger partial charge in [0, 0.05) is 6.42 Å². The number of esters is 1. The van der Waals surface area contributed by atoms with Gasteiger partial charge in [0.15, 0.2) is 6.29 Å². The highest BCUT2D eigenvalue weighted by Gasteiger charge is 2.07. The lowest BCUT2D eigenvalue weighted by atomic mass is 10.2. The monoisotopic (exact) mass is 263 g/mol. The van der Waals surface area contributed by atoms with Crippen molar-refractivity contribution < 1.29 is 19.1 Å².